The van der Waals surface area contributed by atoms with Crippen LogP contribution in [0, 0.1) is 0 Å². The zero-order valence-corrected chi connectivity index (χ0v) is 15.7. The van der Waals surface area contributed by atoms with Gasteiger partial charge in [0.2, 0.25) is 0 Å². The Kier molecular flexibility index (Phi) is 7.27. The van der Waals surface area contributed by atoms with Crippen LogP contribution in [-0.4, -0.2) is 30.2 Å². The smallest absolute Gasteiger partial charge is 0.421 e. The SMILES string of the molecule is CCCCOc1ccccc1N(C)c1nc(OCCC)ncc1C(F)(F)F. The van der Waals surface area contributed by atoms with Gasteiger partial charge in [-0.2, -0.15) is 18.2 Å². The van der Waals surface area contributed by atoms with Crippen LogP contribution in [0.1, 0.15) is 38.7 Å². The molecule has 27 heavy (non-hydrogen) atoms. The highest BCUT2D eigenvalue weighted by Crippen LogP contribution is 2.40. The highest BCUT2D eigenvalue weighted by Gasteiger charge is 2.37. The summed E-state index contributed by atoms with van der Waals surface area (Å²) in [4.78, 5) is 9.05. The first-order chi connectivity index (χ1) is 12.9. The maximum atomic E-state index is 13.5. The van der Waals surface area contributed by atoms with Crippen molar-refractivity contribution in [1.29, 1.82) is 0 Å². The summed E-state index contributed by atoms with van der Waals surface area (Å²) < 4.78 is 51.5. The normalized spacial score (nSPS) is 11.3. The van der Waals surface area contributed by atoms with E-state index in [1.54, 1.807) is 24.3 Å². The van der Waals surface area contributed by atoms with E-state index in [-0.39, 0.29) is 11.8 Å². The second-order valence-corrected chi connectivity index (χ2v) is 5.96. The van der Waals surface area contributed by atoms with E-state index in [0.29, 0.717) is 31.1 Å². The second kappa shape index (κ2) is 9.43. The van der Waals surface area contributed by atoms with Crippen molar-refractivity contribution in [3.8, 4) is 11.8 Å². The largest absolute Gasteiger partial charge is 0.491 e. The van der Waals surface area contributed by atoms with Gasteiger partial charge in [-0.1, -0.05) is 32.4 Å². The van der Waals surface area contributed by atoms with E-state index >= 15 is 0 Å². The Morgan fingerprint density at radius 2 is 1.78 bits per heavy atom. The van der Waals surface area contributed by atoms with Crippen LogP contribution < -0.4 is 14.4 Å². The lowest BCUT2D eigenvalue weighted by molar-refractivity contribution is -0.137. The van der Waals surface area contributed by atoms with Gasteiger partial charge in [-0.15, -0.1) is 0 Å². The minimum atomic E-state index is -4.59. The molecule has 1 aromatic carbocycles. The number of para-hydroxylation sites is 2. The van der Waals surface area contributed by atoms with Crippen molar-refractivity contribution in [3.05, 3.63) is 36.0 Å². The van der Waals surface area contributed by atoms with Gasteiger partial charge in [0.15, 0.2) is 5.82 Å². The average molecular weight is 383 g/mol. The number of hydrogen-bond acceptors (Lipinski definition) is 5. The van der Waals surface area contributed by atoms with E-state index in [0.717, 1.165) is 19.0 Å². The molecule has 2 rings (SSSR count). The molecular formula is C19H24F3N3O2. The molecule has 0 amide bonds. The highest BCUT2D eigenvalue weighted by atomic mass is 19.4. The topological polar surface area (TPSA) is 47.5 Å². The minimum absolute atomic E-state index is 0.0870. The van der Waals surface area contributed by atoms with E-state index in [2.05, 4.69) is 9.97 Å². The molecule has 0 saturated heterocycles. The second-order valence-electron chi connectivity index (χ2n) is 5.96. The highest BCUT2D eigenvalue weighted by molar-refractivity contribution is 5.68. The van der Waals surface area contributed by atoms with Gasteiger partial charge in [0.25, 0.3) is 0 Å². The number of hydrogen-bond donors (Lipinski definition) is 0. The van der Waals surface area contributed by atoms with Gasteiger partial charge < -0.3 is 14.4 Å². The van der Waals surface area contributed by atoms with Gasteiger partial charge in [-0.05, 0) is 25.0 Å². The van der Waals surface area contributed by atoms with Crippen molar-refractivity contribution in [1.82, 2.24) is 9.97 Å². The zero-order chi connectivity index (χ0) is 19.9. The first-order valence-electron chi connectivity index (χ1n) is 8.91. The summed E-state index contributed by atoms with van der Waals surface area (Å²) in [5, 5.41) is 0. The summed E-state index contributed by atoms with van der Waals surface area (Å²) in [6, 6.07) is 6.84. The van der Waals surface area contributed by atoms with Crippen LogP contribution in [0.15, 0.2) is 30.5 Å². The molecule has 148 valence electrons. The molecule has 5 nitrogen and oxygen atoms in total. The van der Waals surface area contributed by atoms with Gasteiger partial charge in [0.05, 0.1) is 18.9 Å². The van der Waals surface area contributed by atoms with Crippen molar-refractivity contribution in [2.45, 2.75) is 39.3 Å². The first kappa shape index (κ1) is 20.8. The molecule has 0 saturated carbocycles. The third kappa shape index (κ3) is 5.48. The molecule has 0 aliphatic rings. The number of alkyl halides is 3. The summed E-state index contributed by atoms with van der Waals surface area (Å²) in [6.07, 6.45) is -1.33. The summed E-state index contributed by atoms with van der Waals surface area (Å²) in [6.45, 7) is 4.74. The standard InChI is InChI=1S/C19H24F3N3O2/c1-4-6-12-26-16-10-8-7-9-15(16)25(3)17-14(19(20,21)22)13-23-18(24-17)27-11-5-2/h7-10,13H,4-6,11-12H2,1-3H3. The third-order valence-electron chi connectivity index (χ3n) is 3.79. The number of ether oxygens (including phenoxy) is 2. The van der Waals surface area contributed by atoms with Gasteiger partial charge in [-0.25, -0.2) is 4.98 Å². The van der Waals surface area contributed by atoms with Crippen molar-refractivity contribution >= 4 is 11.5 Å². The summed E-state index contributed by atoms with van der Waals surface area (Å²) in [5.41, 5.74) is -0.448. The number of anilines is 2. The lowest BCUT2D eigenvalue weighted by Gasteiger charge is -2.24. The predicted molar refractivity (Wildman–Crippen MR) is 97.7 cm³/mol. The number of nitrogens with zero attached hydrogens (tertiary/aromatic N) is 3. The molecular weight excluding hydrogens is 359 g/mol. The molecule has 1 aromatic heterocycles. The van der Waals surface area contributed by atoms with Crippen LogP contribution in [0.25, 0.3) is 0 Å². The number of unbranched alkanes of at least 4 members (excludes halogenated alkanes) is 1. The van der Waals surface area contributed by atoms with Gasteiger partial charge >= 0.3 is 12.2 Å². The molecule has 0 atom stereocenters. The van der Waals surface area contributed by atoms with Crippen LogP contribution in [-0.2, 0) is 6.18 Å². The summed E-state index contributed by atoms with van der Waals surface area (Å²) in [5.74, 6) is 0.214. The molecule has 0 fully saturated rings. The fourth-order valence-electron chi connectivity index (χ4n) is 2.37. The van der Waals surface area contributed by atoms with Crippen LogP contribution in [0.3, 0.4) is 0 Å². The maximum absolute atomic E-state index is 13.5. The van der Waals surface area contributed by atoms with Crippen molar-refractivity contribution in [2.24, 2.45) is 0 Å². The number of aromatic nitrogens is 2. The van der Waals surface area contributed by atoms with Crippen molar-refractivity contribution in [2.75, 3.05) is 25.2 Å². The van der Waals surface area contributed by atoms with E-state index < -0.39 is 11.7 Å². The first-order valence-corrected chi connectivity index (χ1v) is 8.91. The Morgan fingerprint density at radius 3 is 2.44 bits per heavy atom. The van der Waals surface area contributed by atoms with E-state index in [4.69, 9.17) is 9.47 Å². The lowest BCUT2D eigenvalue weighted by Crippen LogP contribution is -2.20. The number of benzene rings is 1. The average Bonchev–Trinajstić information content (AvgIpc) is 2.65. The van der Waals surface area contributed by atoms with Gasteiger partial charge in [-0.3, -0.25) is 0 Å². The van der Waals surface area contributed by atoms with E-state index in [1.807, 2.05) is 13.8 Å². The number of rotatable bonds is 9. The van der Waals surface area contributed by atoms with Gasteiger partial charge in [0.1, 0.15) is 11.3 Å². The molecule has 0 spiro atoms. The zero-order valence-electron chi connectivity index (χ0n) is 15.7. The third-order valence-corrected chi connectivity index (χ3v) is 3.79. The van der Waals surface area contributed by atoms with Crippen LogP contribution in [0.5, 0.6) is 11.8 Å². The molecule has 0 aliphatic carbocycles. The molecule has 1 heterocycles. The molecule has 0 unspecified atom stereocenters. The van der Waals surface area contributed by atoms with Crippen LogP contribution >= 0.6 is 0 Å². The Hall–Kier alpha value is -2.51. The lowest BCUT2D eigenvalue weighted by atomic mass is 10.2. The van der Waals surface area contributed by atoms with E-state index in [9.17, 15) is 13.2 Å². The van der Waals surface area contributed by atoms with Crippen molar-refractivity contribution < 1.29 is 22.6 Å². The summed E-state index contributed by atoms with van der Waals surface area (Å²) >= 11 is 0. The predicted octanol–water partition coefficient (Wildman–Crippen LogP) is 5.23. The fraction of sp³-hybridized carbons (Fsp3) is 0.474. The molecule has 2 aromatic rings. The Morgan fingerprint density at radius 1 is 1.04 bits per heavy atom. The van der Waals surface area contributed by atoms with Crippen LogP contribution in [0.2, 0.25) is 0 Å². The van der Waals surface area contributed by atoms with Crippen LogP contribution in [0.4, 0.5) is 24.7 Å². The molecule has 0 aliphatic heterocycles. The summed E-state index contributed by atoms with van der Waals surface area (Å²) in [7, 11) is 1.52. The molecule has 0 radical (unpaired) electrons. The fourth-order valence-corrected chi connectivity index (χ4v) is 2.37. The quantitative estimate of drug-likeness (QED) is 0.555. The Balaban J connectivity index is 2.43. The maximum Gasteiger partial charge on any atom is 0.421 e. The number of halogens is 3. The molecule has 0 N–H and O–H groups in total. The van der Waals surface area contributed by atoms with E-state index in [1.165, 1.54) is 11.9 Å². The monoisotopic (exact) mass is 383 g/mol. The Labute approximate surface area is 157 Å². The van der Waals surface area contributed by atoms with Crippen molar-refractivity contribution in [3.63, 3.8) is 0 Å². The minimum Gasteiger partial charge on any atom is -0.491 e. The Bertz CT molecular complexity index is 738. The molecule has 0 bridgehead atoms. The van der Waals surface area contributed by atoms with Gasteiger partial charge in [0, 0.05) is 13.2 Å². The molecule has 8 heteroatoms.